The Morgan fingerprint density at radius 2 is 1.96 bits per heavy atom. The van der Waals surface area contributed by atoms with E-state index in [0.717, 1.165) is 33.4 Å². The van der Waals surface area contributed by atoms with Gasteiger partial charge < -0.3 is 15.0 Å². The van der Waals surface area contributed by atoms with E-state index in [-0.39, 0.29) is 6.61 Å². The van der Waals surface area contributed by atoms with Crippen LogP contribution < -0.4 is 5.32 Å². The minimum Gasteiger partial charge on any atom is -0.395 e. The number of pyridine rings is 1. The van der Waals surface area contributed by atoms with E-state index < -0.39 is 0 Å². The lowest BCUT2D eigenvalue weighted by Crippen LogP contribution is -2.12. The highest BCUT2D eigenvalue weighted by atomic mass is 35.5. The molecule has 2 N–H and O–H groups in total. The summed E-state index contributed by atoms with van der Waals surface area (Å²) in [5.41, 5.74) is 3.90. The highest BCUT2D eigenvalue weighted by molar-refractivity contribution is 6.35. The first-order valence-electron chi connectivity index (χ1n) is 8.10. The summed E-state index contributed by atoms with van der Waals surface area (Å²) in [5.74, 6) is 0.731. The lowest BCUT2D eigenvalue weighted by molar-refractivity contribution is 0.310. The monoisotopic (exact) mass is 352 g/mol. The van der Waals surface area contributed by atoms with Gasteiger partial charge in [0.15, 0.2) is 0 Å². The molecule has 2 heterocycles. The third-order valence-electron chi connectivity index (χ3n) is 4.18. The molecule has 4 rings (SSSR count). The molecule has 0 bridgehead atoms. The minimum atomic E-state index is 0.0502. The quantitative estimate of drug-likeness (QED) is 0.575. The van der Waals surface area contributed by atoms with Crippen LogP contribution in [-0.4, -0.2) is 32.8 Å². The van der Waals surface area contributed by atoms with Crippen molar-refractivity contribution in [2.75, 3.05) is 18.5 Å². The summed E-state index contributed by atoms with van der Waals surface area (Å²) >= 11 is 6.31. The predicted octanol–water partition coefficient (Wildman–Crippen LogP) is 3.69. The molecule has 5 nitrogen and oxygen atoms in total. The predicted molar refractivity (Wildman–Crippen MR) is 101 cm³/mol. The largest absolute Gasteiger partial charge is 0.395 e. The van der Waals surface area contributed by atoms with Crippen molar-refractivity contribution in [1.82, 2.24) is 14.5 Å². The van der Waals surface area contributed by atoms with Crippen LogP contribution in [0.15, 0.2) is 54.7 Å². The second-order valence-corrected chi connectivity index (χ2v) is 6.17. The number of rotatable bonds is 5. The maximum absolute atomic E-state index is 9.13. The van der Waals surface area contributed by atoms with Gasteiger partial charge in [0.1, 0.15) is 0 Å². The zero-order chi connectivity index (χ0) is 17.2. The molecule has 4 aromatic rings. The molecular formula is C19H17ClN4O. The van der Waals surface area contributed by atoms with Crippen LogP contribution in [0.3, 0.4) is 0 Å². The fourth-order valence-corrected chi connectivity index (χ4v) is 3.25. The lowest BCUT2D eigenvalue weighted by Gasteiger charge is -2.12. The maximum Gasteiger partial charge on any atom is 0.204 e. The van der Waals surface area contributed by atoms with Crippen LogP contribution in [0.2, 0.25) is 5.02 Å². The van der Waals surface area contributed by atoms with E-state index in [9.17, 15) is 0 Å². The molecule has 0 radical (unpaired) electrons. The summed E-state index contributed by atoms with van der Waals surface area (Å²) in [6.45, 7) is 1.11. The molecule has 126 valence electrons. The number of nitrogens with one attached hydrogen (secondary N) is 1. The SMILES string of the molecule is OCCNc1nc2ccccc2n1Cc1ccc(Cl)c2cccnc12. The first kappa shape index (κ1) is 15.9. The second kappa shape index (κ2) is 6.70. The van der Waals surface area contributed by atoms with Crippen molar-refractivity contribution in [3.8, 4) is 0 Å². The van der Waals surface area contributed by atoms with Crippen molar-refractivity contribution in [2.24, 2.45) is 0 Å². The minimum absolute atomic E-state index is 0.0502. The first-order valence-corrected chi connectivity index (χ1v) is 8.48. The lowest BCUT2D eigenvalue weighted by atomic mass is 10.1. The van der Waals surface area contributed by atoms with Crippen molar-refractivity contribution in [1.29, 1.82) is 0 Å². The second-order valence-electron chi connectivity index (χ2n) is 5.77. The number of fused-ring (bicyclic) bond motifs is 2. The van der Waals surface area contributed by atoms with Crippen LogP contribution in [0.1, 0.15) is 5.56 Å². The molecular weight excluding hydrogens is 336 g/mol. The van der Waals surface area contributed by atoms with Gasteiger partial charge in [0, 0.05) is 23.2 Å². The highest BCUT2D eigenvalue weighted by Gasteiger charge is 2.13. The third-order valence-corrected chi connectivity index (χ3v) is 4.51. The number of aliphatic hydroxyl groups excluding tert-OH is 1. The fraction of sp³-hybridized carbons (Fsp3) is 0.158. The molecule has 0 saturated carbocycles. The van der Waals surface area contributed by atoms with E-state index in [2.05, 4.69) is 19.9 Å². The topological polar surface area (TPSA) is 63.0 Å². The van der Waals surface area contributed by atoms with Crippen LogP contribution in [0.4, 0.5) is 5.95 Å². The highest BCUT2D eigenvalue weighted by Crippen LogP contribution is 2.27. The fourth-order valence-electron chi connectivity index (χ4n) is 3.03. The summed E-state index contributed by atoms with van der Waals surface area (Å²) in [7, 11) is 0. The molecule has 6 heteroatoms. The Bertz CT molecular complexity index is 1040. The number of aliphatic hydroxyl groups is 1. The number of benzene rings is 2. The van der Waals surface area contributed by atoms with Crippen molar-refractivity contribution in [3.63, 3.8) is 0 Å². The third kappa shape index (κ3) is 2.92. The molecule has 0 unspecified atom stereocenters. The number of nitrogens with zero attached hydrogens (tertiary/aromatic N) is 3. The first-order chi connectivity index (χ1) is 12.3. The van der Waals surface area contributed by atoms with E-state index in [1.165, 1.54) is 0 Å². The Balaban J connectivity index is 1.84. The summed E-state index contributed by atoms with van der Waals surface area (Å²) in [6, 6.07) is 15.8. The Morgan fingerprint density at radius 1 is 1.08 bits per heavy atom. The molecule has 0 atom stereocenters. The van der Waals surface area contributed by atoms with Gasteiger partial charge in [-0.15, -0.1) is 0 Å². The van der Waals surface area contributed by atoms with Gasteiger partial charge >= 0.3 is 0 Å². The van der Waals surface area contributed by atoms with Crippen molar-refractivity contribution in [3.05, 3.63) is 65.3 Å². The summed E-state index contributed by atoms with van der Waals surface area (Å²) in [4.78, 5) is 9.15. The normalized spacial score (nSPS) is 11.3. The molecule has 0 saturated heterocycles. The van der Waals surface area contributed by atoms with Gasteiger partial charge in [-0.2, -0.15) is 0 Å². The Kier molecular flexibility index (Phi) is 4.26. The van der Waals surface area contributed by atoms with Crippen molar-refractivity contribution >= 4 is 39.5 Å². The van der Waals surface area contributed by atoms with E-state index in [1.54, 1.807) is 6.20 Å². The number of imidazole rings is 1. The summed E-state index contributed by atoms with van der Waals surface area (Å²) in [6.07, 6.45) is 1.78. The number of halogens is 1. The average molecular weight is 353 g/mol. The van der Waals surface area contributed by atoms with Crippen LogP contribution in [-0.2, 0) is 6.54 Å². The van der Waals surface area contributed by atoms with Crippen molar-refractivity contribution in [2.45, 2.75) is 6.54 Å². The molecule has 0 aliphatic carbocycles. The molecule has 2 aromatic heterocycles. The van der Waals surface area contributed by atoms with Crippen LogP contribution >= 0.6 is 11.6 Å². The van der Waals surface area contributed by atoms with Crippen LogP contribution in [0.25, 0.3) is 21.9 Å². The van der Waals surface area contributed by atoms with E-state index >= 15 is 0 Å². The Labute approximate surface area is 149 Å². The van der Waals surface area contributed by atoms with Crippen molar-refractivity contribution < 1.29 is 5.11 Å². The molecule has 0 aliphatic heterocycles. The number of anilines is 1. The Morgan fingerprint density at radius 3 is 2.84 bits per heavy atom. The zero-order valence-corrected chi connectivity index (χ0v) is 14.2. The molecule has 0 aliphatic rings. The molecule has 25 heavy (non-hydrogen) atoms. The van der Waals surface area contributed by atoms with Gasteiger partial charge in [0.05, 0.1) is 29.7 Å². The van der Waals surface area contributed by atoms with Gasteiger partial charge in [-0.3, -0.25) is 4.98 Å². The number of hydrogen-bond acceptors (Lipinski definition) is 4. The smallest absolute Gasteiger partial charge is 0.204 e. The Hall–Kier alpha value is -2.63. The van der Waals surface area contributed by atoms with Crippen LogP contribution in [0.5, 0.6) is 0 Å². The summed E-state index contributed by atoms with van der Waals surface area (Å²) < 4.78 is 2.10. The molecule has 0 fully saturated rings. The van der Waals surface area contributed by atoms with Gasteiger partial charge in [-0.05, 0) is 35.9 Å². The number of aromatic nitrogens is 3. The average Bonchev–Trinajstić information content (AvgIpc) is 3.00. The van der Waals surface area contributed by atoms with E-state index in [0.29, 0.717) is 18.1 Å². The van der Waals surface area contributed by atoms with Gasteiger partial charge in [0.25, 0.3) is 0 Å². The molecule has 2 aromatic carbocycles. The van der Waals surface area contributed by atoms with Crippen LogP contribution in [0, 0.1) is 0 Å². The number of para-hydroxylation sites is 2. The van der Waals surface area contributed by atoms with E-state index in [4.69, 9.17) is 16.7 Å². The van der Waals surface area contributed by atoms with Gasteiger partial charge in [-0.25, -0.2) is 4.98 Å². The molecule has 0 amide bonds. The van der Waals surface area contributed by atoms with Gasteiger partial charge in [-0.1, -0.05) is 29.8 Å². The van der Waals surface area contributed by atoms with Gasteiger partial charge in [0.2, 0.25) is 5.95 Å². The zero-order valence-electron chi connectivity index (χ0n) is 13.5. The number of hydrogen-bond donors (Lipinski definition) is 2. The standard InChI is InChI=1S/C19H17ClN4O/c20-15-8-7-13(18-14(15)4-3-9-21-18)12-24-17-6-2-1-5-16(17)23-19(24)22-10-11-25/h1-9,25H,10-12H2,(H,22,23). The molecule has 0 spiro atoms. The van der Waals surface area contributed by atoms with E-state index in [1.807, 2.05) is 48.5 Å². The summed E-state index contributed by atoms with van der Waals surface area (Å²) in [5, 5.41) is 14.0. The maximum atomic E-state index is 9.13.